The molecule has 114 valence electrons. The van der Waals surface area contributed by atoms with E-state index in [-0.39, 0.29) is 17.1 Å². The summed E-state index contributed by atoms with van der Waals surface area (Å²) in [7, 11) is 0. The molecule has 1 aliphatic heterocycles. The Morgan fingerprint density at radius 2 is 2.00 bits per heavy atom. The van der Waals surface area contributed by atoms with Crippen molar-refractivity contribution in [1.82, 2.24) is 4.90 Å². The number of likely N-dealkylation sites (tertiary alicyclic amines) is 1. The van der Waals surface area contributed by atoms with Crippen LogP contribution in [0.5, 0.6) is 0 Å². The number of amides is 1. The van der Waals surface area contributed by atoms with Crippen molar-refractivity contribution < 1.29 is 14.7 Å². The van der Waals surface area contributed by atoms with Crippen LogP contribution in [0, 0.1) is 5.41 Å². The average molecular weight is 307 g/mol. The van der Waals surface area contributed by atoms with E-state index >= 15 is 0 Å². The van der Waals surface area contributed by atoms with Crippen LogP contribution in [0.3, 0.4) is 0 Å². The summed E-state index contributed by atoms with van der Waals surface area (Å²) in [5.74, 6) is -0.717. The number of rotatable bonds is 4. The first kappa shape index (κ1) is 15.9. The third kappa shape index (κ3) is 3.79. The fourth-order valence-corrected chi connectivity index (χ4v) is 3.68. The molecule has 0 aliphatic carbocycles. The molecule has 5 heteroatoms. The van der Waals surface area contributed by atoms with Crippen molar-refractivity contribution in [3.8, 4) is 0 Å². The number of hydrogen-bond donors (Lipinski definition) is 1. The summed E-state index contributed by atoms with van der Waals surface area (Å²) in [4.78, 5) is 26.5. The lowest BCUT2D eigenvalue weighted by Crippen LogP contribution is -2.56. The van der Waals surface area contributed by atoms with Gasteiger partial charge in [-0.25, -0.2) is 4.79 Å². The molecule has 1 heterocycles. The molecule has 1 fully saturated rings. The van der Waals surface area contributed by atoms with E-state index in [0.717, 1.165) is 17.7 Å². The second-order valence-corrected chi connectivity index (χ2v) is 7.07. The second kappa shape index (κ2) is 6.52. The number of carbonyl (C=O) groups excluding carboxylic acids is 1. The van der Waals surface area contributed by atoms with Gasteiger partial charge in [-0.15, -0.1) is 11.8 Å². The average Bonchev–Trinajstić information content (AvgIpc) is 2.44. The predicted molar refractivity (Wildman–Crippen MR) is 83.3 cm³/mol. The summed E-state index contributed by atoms with van der Waals surface area (Å²) in [6.45, 7) is 4.39. The zero-order chi connectivity index (χ0) is 15.5. The summed E-state index contributed by atoms with van der Waals surface area (Å²) >= 11 is 1.45. The maximum atomic E-state index is 12.4. The molecule has 0 radical (unpaired) electrons. The third-order valence-corrected chi connectivity index (χ3v) is 4.93. The highest BCUT2D eigenvalue weighted by molar-refractivity contribution is 8.00. The molecule has 0 saturated carbocycles. The van der Waals surface area contributed by atoms with Gasteiger partial charge in [0.2, 0.25) is 5.91 Å². The summed E-state index contributed by atoms with van der Waals surface area (Å²) in [6, 6.07) is 8.96. The lowest BCUT2D eigenvalue weighted by molar-refractivity contribution is -0.157. The fraction of sp³-hybridized carbons (Fsp3) is 0.500. The number of hydrogen-bond acceptors (Lipinski definition) is 3. The van der Waals surface area contributed by atoms with Crippen LogP contribution >= 0.6 is 11.8 Å². The van der Waals surface area contributed by atoms with E-state index in [4.69, 9.17) is 0 Å². The predicted octanol–water partition coefficient (Wildman–Crippen LogP) is 2.88. The van der Waals surface area contributed by atoms with E-state index in [1.54, 1.807) is 4.90 Å². The van der Waals surface area contributed by atoms with Crippen LogP contribution in [0.2, 0.25) is 0 Å². The van der Waals surface area contributed by atoms with E-state index in [1.807, 2.05) is 44.2 Å². The Morgan fingerprint density at radius 1 is 1.33 bits per heavy atom. The molecule has 1 N–H and O–H groups in total. The smallest absolute Gasteiger partial charge is 0.326 e. The van der Waals surface area contributed by atoms with Gasteiger partial charge >= 0.3 is 5.97 Å². The van der Waals surface area contributed by atoms with Gasteiger partial charge in [-0.2, -0.15) is 0 Å². The van der Waals surface area contributed by atoms with Crippen molar-refractivity contribution in [2.45, 2.75) is 37.6 Å². The number of carboxylic acids is 1. The molecule has 1 atom stereocenters. The summed E-state index contributed by atoms with van der Waals surface area (Å²) in [5, 5.41) is 9.48. The molecule has 1 amide bonds. The van der Waals surface area contributed by atoms with Gasteiger partial charge in [0.15, 0.2) is 0 Å². The molecule has 0 spiro atoms. The summed E-state index contributed by atoms with van der Waals surface area (Å²) in [5.41, 5.74) is -0.378. The Hall–Kier alpha value is -1.49. The molecular weight excluding hydrogens is 286 g/mol. The van der Waals surface area contributed by atoms with E-state index in [1.165, 1.54) is 11.8 Å². The van der Waals surface area contributed by atoms with Gasteiger partial charge < -0.3 is 10.0 Å². The van der Waals surface area contributed by atoms with E-state index in [9.17, 15) is 14.7 Å². The molecule has 1 aliphatic rings. The first-order valence-electron chi connectivity index (χ1n) is 7.12. The first-order chi connectivity index (χ1) is 9.92. The van der Waals surface area contributed by atoms with Gasteiger partial charge in [0.1, 0.15) is 6.04 Å². The maximum absolute atomic E-state index is 12.4. The van der Waals surface area contributed by atoms with Gasteiger partial charge in [-0.3, -0.25) is 4.79 Å². The lowest BCUT2D eigenvalue weighted by atomic mass is 9.76. The minimum absolute atomic E-state index is 0.0935. The molecule has 2 rings (SSSR count). The van der Waals surface area contributed by atoms with Gasteiger partial charge in [-0.1, -0.05) is 32.0 Å². The number of carbonyl (C=O) groups is 2. The van der Waals surface area contributed by atoms with Crippen LogP contribution in [0.1, 0.15) is 26.7 Å². The number of aliphatic carboxylic acids is 1. The summed E-state index contributed by atoms with van der Waals surface area (Å²) in [6.07, 6.45) is 1.69. The van der Waals surface area contributed by atoms with Crippen molar-refractivity contribution in [3.05, 3.63) is 30.3 Å². The Kier molecular flexibility index (Phi) is 4.93. The van der Waals surface area contributed by atoms with Gasteiger partial charge in [0, 0.05) is 11.4 Å². The Balaban J connectivity index is 2.04. The van der Waals surface area contributed by atoms with Crippen molar-refractivity contribution in [1.29, 1.82) is 0 Å². The normalized spacial score (nSPS) is 21.0. The Bertz CT molecular complexity index is 516. The number of thioether (sulfide) groups is 1. The molecule has 0 aromatic heterocycles. The Labute approximate surface area is 129 Å². The van der Waals surface area contributed by atoms with Crippen molar-refractivity contribution in [2.24, 2.45) is 5.41 Å². The third-order valence-electron chi connectivity index (χ3n) is 3.93. The van der Waals surface area contributed by atoms with Gasteiger partial charge in [0.25, 0.3) is 0 Å². The number of nitrogens with zero attached hydrogens (tertiary/aromatic N) is 1. The fourth-order valence-electron chi connectivity index (χ4n) is 2.87. The van der Waals surface area contributed by atoms with Crippen LogP contribution in [0.25, 0.3) is 0 Å². The van der Waals surface area contributed by atoms with E-state index in [2.05, 4.69) is 0 Å². The van der Waals surface area contributed by atoms with Gasteiger partial charge in [0.05, 0.1) is 5.75 Å². The minimum Gasteiger partial charge on any atom is -0.480 e. The topological polar surface area (TPSA) is 57.6 Å². The standard InChI is InChI=1S/C16H21NO3S/c1-16(2)9-6-10-17(14(16)15(19)20)13(18)11-21-12-7-4-3-5-8-12/h3-5,7-8,14H,6,9-11H2,1-2H3,(H,19,20). The maximum Gasteiger partial charge on any atom is 0.326 e. The molecule has 1 saturated heterocycles. The van der Waals surface area contributed by atoms with E-state index < -0.39 is 12.0 Å². The molecule has 4 nitrogen and oxygen atoms in total. The lowest BCUT2D eigenvalue weighted by Gasteiger charge is -2.44. The molecule has 0 bridgehead atoms. The first-order valence-corrected chi connectivity index (χ1v) is 8.10. The SMILES string of the molecule is CC1(C)CCCN(C(=O)CSc2ccccc2)C1C(=O)O. The second-order valence-electron chi connectivity index (χ2n) is 6.02. The highest BCUT2D eigenvalue weighted by Gasteiger charge is 2.44. The highest BCUT2D eigenvalue weighted by Crippen LogP contribution is 2.35. The quantitative estimate of drug-likeness (QED) is 0.869. The zero-order valence-corrected chi connectivity index (χ0v) is 13.2. The Morgan fingerprint density at radius 3 is 2.62 bits per heavy atom. The minimum atomic E-state index is -0.905. The number of benzene rings is 1. The van der Waals surface area contributed by atoms with Gasteiger partial charge in [-0.05, 0) is 30.4 Å². The number of piperidine rings is 1. The molecule has 1 aromatic carbocycles. The zero-order valence-electron chi connectivity index (χ0n) is 12.4. The highest BCUT2D eigenvalue weighted by atomic mass is 32.2. The molecule has 1 aromatic rings. The van der Waals surface area contributed by atoms with Crippen molar-refractivity contribution >= 4 is 23.6 Å². The molecule has 1 unspecified atom stereocenters. The molecule has 21 heavy (non-hydrogen) atoms. The van der Waals surface area contributed by atoms with Crippen LogP contribution < -0.4 is 0 Å². The van der Waals surface area contributed by atoms with Crippen molar-refractivity contribution in [3.63, 3.8) is 0 Å². The largest absolute Gasteiger partial charge is 0.480 e. The van der Waals surface area contributed by atoms with Crippen molar-refractivity contribution in [2.75, 3.05) is 12.3 Å². The summed E-state index contributed by atoms with van der Waals surface area (Å²) < 4.78 is 0. The molecular formula is C16H21NO3S. The van der Waals surface area contributed by atoms with Crippen LogP contribution in [-0.4, -0.2) is 40.2 Å². The monoisotopic (exact) mass is 307 g/mol. The number of carboxylic acid groups (broad SMARTS) is 1. The van der Waals surface area contributed by atoms with Crippen LogP contribution in [-0.2, 0) is 9.59 Å². The van der Waals surface area contributed by atoms with E-state index in [0.29, 0.717) is 6.54 Å². The van der Waals surface area contributed by atoms with Crippen LogP contribution in [0.15, 0.2) is 35.2 Å². The van der Waals surface area contributed by atoms with Crippen LogP contribution in [0.4, 0.5) is 0 Å².